The van der Waals surface area contributed by atoms with Gasteiger partial charge in [-0.1, -0.05) is 18.2 Å². The van der Waals surface area contributed by atoms with E-state index < -0.39 is 0 Å². The molecule has 1 unspecified atom stereocenters. The molecule has 1 atom stereocenters. The zero-order valence-corrected chi connectivity index (χ0v) is 18.7. The van der Waals surface area contributed by atoms with E-state index in [1.54, 1.807) is 14.0 Å². The fourth-order valence-electron chi connectivity index (χ4n) is 3.37. The summed E-state index contributed by atoms with van der Waals surface area (Å²) in [7, 11) is 1.59. The first-order valence-corrected chi connectivity index (χ1v) is 10.9. The molecule has 1 fully saturated rings. The third-order valence-electron chi connectivity index (χ3n) is 5.23. The molecule has 32 heavy (non-hydrogen) atoms. The van der Waals surface area contributed by atoms with Crippen LogP contribution in [-0.2, 0) is 27.3 Å². The maximum absolute atomic E-state index is 12.2. The van der Waals surface area contributed by atoms with Crippen molar-refractivity contribution in [3.8, 4) is 17.2 Å². The fraction of sp³-hybridized carbons (Fsp3) is 0.440. The van der Waals surface area contributed by atoms with Crippen LogP contribution in [0.15, 0.2) is 42.5 Å². The topological polar surface area (TPSA) is 83.1 Å². The fourth-order valence-corrected chi connectivity index (χ4v) is 3.37. The van der Waals surface area contributed by atoms with Crippen LogP contribution in [-0.4, -0.2) is 44.7 Å². The van der Waals surface area contributed by atoms with E-state index in [2.05, 4.69) is 5.32 Å². The van der Waals surface area contributed by atoms with Crippen LogP contribution in [0.3, 0.4) is 0 Å². The molecule has 7 heteroatoms. The van der Waals surface area contributed by atoms with Crippen LogP contribution in [0.1, 0.15) is 37.3 Å². The van der Waals surface area contributed by atoms with Crippen LogP contribution in [0.25, 0.3) is 0 Å². The number of benzene rings is 2. The number of rotatable bonds is 12. The maximum atomic E-state index is 12.2. The Morgan fingerprint density at radius 2 is 1.84 bits per heavy atom. The standard InChI is InChI=1S/C25H31NO6/c1-18(27)5-6-19-7-10-21(11-8-19)31-17-25(28)26-15-20-9-12-23(24(14-20)29-2)32-16-22-4-3-13-30-22/h7-12,14,22H,3-6,13,15-17H2,1-2H3,(H,26,28). The molecular formula is C25H31NO6. The van der Waals surface area contributed by atoms with Gasteiger partial charge in [-0.05, 0) is 61.6 Å². The second-order valence-corrected chi connectivity index (χ2v) is 7.84. The van der Waals surface area contributed by atoms with E-state index in [4.69, 9.17) is 18.9 Å². The third kappa shape index (κ3) is 7.57. The van der Waals surface area contributed by atoms with Gasteiger partial charge in [0.25, 0.3) is 5.91 Å². The van der Waals surface area contributed by atoms with Crippen molar-refractivity contribution in [3.05, 3.63) is 53.6 Å². The second-order valence-electron chi connectivity index (χ2n) is 7.84. The molecular weight excluding hydrogens is 410 g/mol. The molecule has 172 valence electrons. The van der Waals surface area contributed by atoms with Crippen molar-refractivity contribution in [2.75, 3.05) is 26.9 Å². The minimum absolute atomic E-state index is 0.0769. The van der Waals surface area contributed by atoms with Crippen molar-refractivity contribution >= 4 is 11.7 Å². The van der Waals surface area contributed by atoms with E-state index in [0.29, 0.717) is 43.2 Å². The molecule has 0 aromatic heterocycles. The number of carbonyl (C=O) groups is 2. The minimum Gasteiger partial charge on any atom is -0.493 e. The molecule has 1 amide bonds. The maximum Gasteiger partial charge on any atom is 0.258 e. The van der Waals surface area contributed by atoms with Crippen LogP contribution < -0.4 is 19.5 Å². The summed E-state index contributed by atoms with van der Waals surface area (Å²) >= 11 is 0. The first kappa shape index (κ1) is 23.6. The molecule has 2 aromatic rings. The van der Waals surface area contributed by atoms with Crippen LogP contribution in [0.4, 0.5) is 0 Å². The van der Waals surface area contributed by atoms with E-state index in [0.717, 1.165) is 30.6 Å². The molecule has 0 radical (unpaired) electrons. The second kappa shape index (κ2) is 12.1. The molecule has 0 aliphatic carbocycles. The van der Waals surface area contributed by atoms with Crippen molar-refractivity contribution < 1.29 is 28.5 Å². The van der Waals surface area contributed by atoms with Crippen molar-refractivity contribution in [1.29, 1.82) is 0 Å². The molecule has 3 rings (SSSR count). The Labute approximate surface area is 189 Å². The number of ketones is 1. The highest BCUT2D eigenvalue weighted by atomic mass is 16.5. The van der Waals surface area contributed by atoms with E-state index >= 15 is 0 Å². The number of ether oxygens (including phenoxy) is 4. The van der Waals surface area contributed by atoms with Gasteiger partial charge in [0.15, 0.2) is 18.1 Å². The Balaban J connectivity index is 1.42. The number of nitrogens with one attached hydrogen (secondary N) is 1. The predicted molar refractivity (Wildman–Crippen MR) is 120 cm³/mol. The van der Waals surface area contributed by atoms with Crippen LogP contribution in [0.2, 0.25) is 0 Å². The monoisotopic (exact) mass is 441 g/mol. The van der Waals surface area contributed by atoms with Gasteiger partial charge in [-0.15, -0.1) is 0 Å². The highest BCUT2D eigenvalue weighted by molar-refractivity contribution is 5.77. The van der Waals surface area contributed by atoms with E-state index in [1.807, 2.05) is 42.5 Å². The zero-order chi connectivity index (χ0) is 22.8. The molecule has 1 saturated heterocycles. The van der Waals surface area contributed by atoms with Crippen molar-refractivity contribution in [1.82, 2.24) is 5.32 Å². The summed E-state index contributed by atoms with van der Waals surface area (Å²) in [6.07, 6.45) is 3.45. The van der Waals surface area contributed by atoms with Crippen LogP contribution in [0.5, 0.6) is 17.2 Å². The lowest BCUT2D eigenvalue weighted by atomic mass is 10.1. The lowest BCUT2D eigenvalue weighted by molar-refractivity contribution is -0.123. The largest absolute Gasteiger partial charge is 0.493 e. The number of hydrogen-bond donors (Lipinski definition) is 1. The molecule has 0 saturated carbocycles. The van der Waals surface area contributed by atoms with Crippen LogP contribution >= 0.6 is 0 Å². The van der Waals surface area contributed by atoms with Gasteiger partial charge in [0.05, 0.1) is 13.2 Å². The SMILES string of the molecule is COc1cc(CNC(=O)COc2ccc(CCC(C)=O)cc2)ccc1OCC1CCCO1. The van der Waals surface area contributed by atoms with Gasteiger partial charge in [-0.3, -0.25) is 4.79 Å². The molecule has 7 nitrogen and oxygen atoms in total. The smallest absolute Gasteiger partial charge is 0.258 e. The van der Waals surface area contributed by atoms with Gasteiger partial charge >= 0.3 is 0 Å². The van der Waals surface area contributed by atoms with Gasteiger partial charge < -0.3 is 29.1 Å². The Bertz CT molecular complexity index is 890. The molecule has 0 spiro atoms. The Morgan fingerprint density at radius 1 is 1.06 bits per heavy atom. The lowest BCUT2D eigenvalue weighted by Gasteiger charge is -2.15. The summed E-state index contributed by atoms with van der Waals surface area (Å²) in [4.78, 5) is 23.2. The van der Waals surface area contributed by atoms with Gasteiger partial charge in [0, 0.05) is 19.6 Å². The number of aryl methyl sites for hydroxylation is 1. The highest BCUT2D eigenvalue weighted by Gasteiger charge is 2.17. The summed E-state index contributed by atoms with van der Waals surface area (Å²) < 4.78 is 22.4. The van der Waals surface area contributed by atoms with Crippen molar-refractivity contribution in [3.63, 3.8) is 0 Å². The molecule has 1 aliphatic heterocycles. The molecule has 1 N–H and O–H groups in total. The summed E-state index contributed by atoms with van der Waals surface area (Å²) in [6, 6.07) is 13.0. The summed E-state index contributed by atoms with van der Waals surface area (Å²) in [5.41, 5.74) is 1.96. The first-order chi connectivity index (χ1) is 15.5. The number of methoxy groups -OCH3 is 1. The summed E-state index contributed by atoms with van der Waals surface area (Å²) in [6.45, 7) is 3.16. The van der Waals surface area contributed by atoms with E-state index in [-0.39, 0.29) is 24.4 Å². The summed E-state index contributed by atoms with van der Waals surface area (Å²) in [5.74, 6) is 1.84. The van der Waals surface area contributed by atoms with Gasteiger partial charge in [-0.25, -0.2) is 0 Å². The first-order valence-electron chi connectivity index (χ1n) is 10.9. The van der Waals surface area contributed by atoms with Gasteiger partial charge in [-0.2, -0.15) is 0 Å². The lowest BCUT2D eigenvalue weighted by Crippen LogP contribution is -2.28. The molecule has 1 heterocycles. The summed E-state index contributed by atoms with van der Waals surface area (Å²) in [5, 5.41) is 2.84. The number of amides is 1. The number of hydrogen-bond acceptors (Lipinski definition) is 6. The van der Waals surface area contributed by atoms with Gasteiger partial charge in [0.1, 0.15) is 18.1 Å². The van der Waals surface area contributed by atoms with E-state index in [1.165, 1.54) is 0 Å². The molecule has 0 bridgehead atoms. The van der Waals surface area contributed by atoms with E-state index in [9.17, 15) is 9.59 Å². The highest BCUT2D eigenvalue weighted by Crippen LogP contribution is 2.29. The quantitative estimate of drug-likeness (QED) is 0.543. The Kier molecular flexibility index (Phi) is 8.92. The molecule has 2 aromatic carbocycles. The van der Waals surface area contributed by atoms with Crippen molar-refractivity contribution in [2.24, 2.45) is 0 Å². The van der Waals surface area contributed by atoms with Crippen molar-refractivity contribution in [2.45, 2.75) is 45.3 Å². The average Bonchev–Trinajstić information content (AvgIpc) is 3.33. The predicted octanol–water partition coefficient (Wildman–Crippen LogP) is 3.47. The van der Waals surface area contributed by atoms with Crippen LogP contribution in [0, 0.1) is 0 Å². The number of Topliss-reactive ketones (excluding diaryl/α,β-unsaturated/α-hetero) is 1. The molecule has 1 aliphatic rings. The zero-order valence-electron chi connectivity index (χ0n) is 18.7. The Morgan fingerprint density at radius 3 is 2.53 bits per heavy atom. The minimum atomic E-state index is -0.219. The van der Waals surface area contributed by atoms with Gasteiger partial charge in [0.2, 0.25) is 0 Å². The normalized spacial score (nSPS) is 15.2. The average molecular weight is 442 g/mol. The third-order valence-corrected chi connectivity index (χ3v) is 5.23. The number of carbonyl (C=O) groups excluding carboxylic acids is 2. The Hall–Kier alpha value is -3.06.